The minimum absolute atomic E-state index is 0.0197. The van der Waals surface area contributed by atoms with E-state index in [-0.39, 0.29) is 5.54 Å². The number of hydrogen-bond acceptors (Lipinski definition) is 1. The van der Waals surface area contributed by atoms with Gasteiger partial charge >= 0.3 is 0 Å². The van der Waals surface area contributed by atoms with E-state index in [1.807, 2.05) is 0 Å². The SMILES string of the molecule is C#CCC1(N)CCC(C)C1. The highest BCUT2D eigenvalue weighted by atomic mass is 14.7. The summed E-state index contributed by atoms with van der Waals surface area (Å²) < 4.78 is 0. The quantitative estimate of drug-likeness (QED) is 0.545. The van der Waals surface area contributed by atoms with Gasteiger partial charge in [0, 0.05) is 12.0 Å². The molecule has 0 heterocycles. The molecule has 0 aromatic carbocycles. The van der Waals surface area contributed by atoms with Crippen molar-refractivity contribution in [3.05, 3.63) is 0 Å². The lowest BCUT2D eigenvalue weighted by atomic mass is 9.94. The summed E-state index contributed by atoms with van der Waals surface area (Å²) in [5, 5.41) is 0. The number of hydrogen-bond donors (Lipinski definition) is 1. The van der Waals surface area contributed by atoms with Crippen molar-refractivity contribution in [1.29, 1.82) is 0 Å². The molecule has 1 fully saturated rings. The Balaban J connectivity index is 2.48. The first-order valence-electron chi connectivity index (χ1n) is 3.89. The molecule has 0 aromatic rings. The highest BCUT2D eigenvalue weighted by Gasteiger charge is 2.32. The first-order chi connectivity index (χ1) is 4.66. The maximum absolute atomic E-state index is 6.02. The molecule has 1 saturated carbocycles. The predicted molar refractivity (Wildman–Crippen MR) is 43.4 cm³/mol. The van der Waals surface area contributed by atoms with Crippen molar-refractivity contribution in [2.24, 2.45) is 11.7 Å². The molecule has 1 aliphatic rings. The van der Waals surface area contributed by atoms with Gasteiger partial charge in [0.15, 0.2) is 0 Å². The molecular formula is C9H15N. The van der Waals surface area contributed by atoms with Crippen LogP contribution in [0.2, 0.25) is 0 Å². The monoisotopic (exact) mass is 137 g/mol. The number of rotatable bonds is 1. The molecule has 56 valence electrons. The number of nitrogens with two attached hydrogens (primary N) is 1. The second-order valence-electron chi connectivity index (χ2n) is 3.59. The van der Waals surface area contributed by atoms with Crippen LogP contribution in [-0.2, 0) is 0 Å². The zero-order chi connectivity index (χ0) is 7.61. The Morgan fingerprint density at radius 2 is 2.50 bits per heavy atom. The summed E-state index contributed by atoms with van der Waals surface area (Å²) in [6.07, 6.45) is 9.42. The molecule has 0 amide bonds. The lowest BCUT2D eigenvalue weighted by Gasteiger charge is -2.20. The van der Waals surface area contributed by atoms with Gasteiger partial charge < -0.3 is 5.73 Å². The molecule has 1 aliphatic carbocycles. The van der Waals surface area contributed by atoms with Crippen LogP contribution in [-0.4, -0.2) is 5.54 Å². The first-order valence-corrected chi connectivity index (χ1v) is 3.89. The van der Waals surface area contributed by atoms with E-state index < -0.39 is 0 Å². The van der Waals surface area contributed by atoms with E-state index in [1.165, 1.54) is 6.42 Å². The summed E-state index contributed by atoms with van der Waals surface area (Å²) in [5.41, 5.74) is 6.00. The maximum atomic E-state index is 6.02. The van der Waals surface area contributed by atoms with Crippen molar-refractivity contribution in [3.63, 3.8) is 0 Å². The second kappa shape index (κ2) is 2.64. The molecule has 0 saturated heterocycles. The van der Waals surface area contributed by atoms with E-state index in [2.05, 4.69) is 12.8 Å². The third kappa shape index (κ3) is 1.52. The van der Waals surface area contributed by atoms with Crippen molar-refractivity contribution in [3.8, 4) is 12.3 Å². The van der Waals surface area contributed by atoms with Crippen LogP contribution < -0.4 is 5.73 Å². The third-order valence-corrected chi connectivity index (χ3v) is 2.34. The Hall–Kier alpha value is -0.480. The lowest BCUT2D eigenvalue weighted by molar-refractivity contribution is 0.432. The normalized spacial score (nSPS) is 39.5. The van der Waals surface area contributed by atoms with E-state index in [9.17, 15) is 0 Å². The van der Waals surface area contributed by atoms with E-state index >= 15 is 0 Å². The molecule has 1 nitrogen and oxygen atoms in total. The topological polar surface area (TPSA) is 26.0 Å². The molecule has 0 aromatic heterocycles. The lowest BCUT2D eigenvalue weighted by Crippen LogP contribution is -2.36. The zero-order valence-electron chi connectivity index (χ0n) is 6.56. The first kappa shape index (κ1) is 7.63. The standard InChI is InChI=1S/C9H15N/c1-3-5-9(10)6-4-8(2)7-9/h1,8H,4-7,10H2,2H3. The van der Waals surface area contributed by atoms with Gasteiger partial charge in [-0.1, -0.05) is 6.92 Å². The minimum atomic E-state index is -0.0197. The Labute approximate surface area is 63.0 Å². The van der Waals surface area contributed by atoms with Crippen molar-refractivity contribution >= 4 is 0 Å². The Morgan fingerprint density at radius 3 is 2.90 bits per heavy atom. The van der Waals surface area contributed by atoms with Crippen LogP contribution in [0.3, 0.4) is 0 Å². The predicted octanol–water partition coefficient (Wildman–Crippen LogP) is 1.53. The molecule has 2 atom stereocenters. The van der Waals surface area contributed by atoms with Crippen molar-refractivity contribution in [1.82, 2.24) is 0 Å². The Bertz CT molecular complexity index is 157. The van der Waals surface area contributed by atoms with Gasteiger partial charge in [0.1, 0.15) is 0 Å². The average molecular weight is 137 g/mol. The van der Waals surface area contributed by atoms with E-state index in [4.69, 9.17) is 12.2 Å². The molecule has 10 heavy (non-hydrogen) atoms. The highest BCUT2D eigenvalue weighted by molar-refractivity contribution is 5.01. The van der Waals surface area contributed by atoms with Crippen LogP contribution in [0.25, 0.3) is 0 Å². The smallest absolute Gasteiger partial charge is 0.0267 e. The molecule has 2 N–H and O–H groups in total. The van der Waals surface area contributed by atoms with E-state index in [1.54, 1.807) is 0 Å². The molecule has 0 radical (unpaired) electrons. The summed E-state index contributed by atoms with van der Waals surface area (Å²) in [6.45, 7) is 2.24. The summed E-state index contributed by atoms with van der Waals surface area (Å²) >= 11 is 0. The summed E-state index contributed by atoms with van der Waals surface area (Å²) in [5.74, 6) is 3.42. The maximum Gasteiger partial charge on any atom is 0.0267 e. The van der Waals surface area contributed by atoms with Crippen molar-refractivity contribution in [2.75, 3.05) is 0 Å². The number of terminal acetylenes is 1. The van der Waals surface area contributed by atoms with Gasteiger partial charge in [-0.25, -0.2) is 0 Å². The van der Waals surface area contributed by atoms with Gasteiger partial charge in [0.05, 0.1) is 0 Å². The Morgan fingerprint density at radius 1 is 1.80 bits per heavy atom. The molecule has 2 unspecified atom stereocenters. The van der Waals surface area contributed by atoms with Gasteiger partial charge in [0.2, 0.25) is 0 Å². The van der Waals surface area contributed by atoms with E-state index in [0.717, 1.165) is 25.2 Å². The van der Waals surface area contributed by atoms with Gasteiger partial charge in [0.25, 0.3) is 0 Å². The van der Waals surface area contributed by atoms with Gasteiger partial charge in [-0.3, -0.25) is 0 Å². The van der Waals surface area contributed by atoms with Gasteiger partial charge in [-0.15, -0.1) is 12.3 Å². The molecular weight excluding hydrogens is 122 g/mol. The van der Waals surface area contributed by atoms with Crippen LogP contribution >= 0.6 is 0 Å². The van der Waals surface area contributed by atoms with Gasteiger partial charge in [-0.05, 0) is 25.2 Å². The van der Waals surface area contributed by atoms with Crippen LogP contribution in [0.4, 0.5) is 0 Å². The summed E-state index contributed by atoms with van der Waals surface area (Å²) in [6, 6.07) is 0. The zero-order valence-corrected chi connectivity index (χ0v) is 6.56. The largest absolute Gasteiger partial charge is 0.324 e. The molecule has 0 bridgehead atoms. The Kier molecular flexibility index (Phi) is 2.01. The fourth-order valence-electron chi connectivity index (χ4n) is 1.80. The van der Waals surface area contributed by atoms with Crippen LogP contribution in [0.1, 0.15) is 32.6 Å². The molecule has 0 spiro atoms. The average Bonchev–Trinajstić information content (AvgIpc) is 2.12. The molecule has 0 aliphatic heterocycles. The van der Waals surface area contributed by atoms with Crippen molar-refractivity contribution < 1.29 is 0 Å². The van der Waals surface area contributed by atoms with Crippen molar-refractivity contribution in [2.45, 2.75) is 38.1 Å². The summed E-state index contributed by atoms with van der Waals surface area (Å²) in [4.78, 5) is 0. The fraction of sp³-hybridized carbons (Fsp3) is 0.778. The third-order valence-electron chi connectivity index (χ3n) is 2.34. The highest BCUT2D eigenvalue weighted by Crippen LogP contribution is 2.34. The van der Waals surface area contributed by atoms with Crippen LogP contribution in [0.15, 0.2) is 0 Å². The molecule has 1 rings (SSSR count). The van der Waals surface area contributed by atoms with Gasteiger partial charge in [-0.2, -0.15) is 0 Å². The van der Waals surface area contributed by atoms with E-state index in [0.29, 0.717) is 0 Å². The molecule has 1 heteroatoms. The second-order valence-corrected chi connectivity index (χ2v) is 3.59. The fourth-order valence-corrected chi connectivity index (χ4v) is 1.80. The summed E-state index contributed by atoms with van der Waals surface area (Å²) in [7, 11) is 0. The van der Waals surface area contributed by atoms with Crippen LogP contribution in [0, 0.1) is 18.3 Å². The van der Waals surface area contributed by atoms with Crippen LogP contribution in [0.5, 0.6) is 0 Å². The minimum Gasteiger partial charge on any atom is -0.324 e.